The lowest BCUT2D eigenvalue weighted by molar-refractivity contribution is 0.461. The number of rotatable bonds is 3. The molecule has 0 radical (unpaired) electrons. The molecule has 0 saturated carbocycles. The first-order valence-corrected chi connectivity index (χ1v) is 6.20. The summed E-state index contributed by atoms with van der Waals surface area (Å²) in [5.74, 6) is 4.12. The maximum absolute atomic E-state index is 5.58. The second kappa shape index (κ2) is 4.36. The molecule has 2 heterocycles. The lowest BCUT2D eigenvalue weighted by Gasteiger charge is -2.02. The Morgan fingerprint density at radius 1 is 1.79 bits per heavy atom. The highest BCUT2D eigenvalue weighted by Crippen LogP contribution is 2.32. The summed E-state index contributed by atoms with van der Waals surface area (Å²) >= 11 is 1.98. The van der Waals surface area contributed by atoms with Crippen molar-refractivity contribution in [3.63, 3.8) is 0 Å². The number of nitrogens with two attached hydrogens (primary N) is 1. The minimum atomic E-state index is 0.307. The molecule has 1 aromatic heterocycles. The Bertz CT molecular complexity index is 294. The Morgan fingerprint density at radius 2 is 2.64 bits per heavy atom. The van der Waals surface area contributed by atoms with Crippen molar-refractivity contribution >= 4 is 11.8 Å². The zero-order valence-corrected chi connectivity index (χ0v) is 9.22. The second-order valence-corrected chi connectivity index (χ2v) is 4.96. The average molecular weight is 212 g/mol. The van der Waals surface area contributed by atoms with Crippen molar-refractivity contribution in [2.75, 3.05) is 18.1 Å². The number of nitrogens with zero attached hydrogens (tertiary/aromatic N) is 1. The maximum Gasteiger partial charge on any atom is 0.198 e. The van der Waals surface area contributed by atoms with E-state index in [-0.39, 0.29) is 0 Å². The van der Waals surface area contributed by atoms with Crippen molar-refractivity contribution in [2.45, 2.75) is 25.2 Å². The van der Waals surface area contributed by atoms with Gasteiger partial charge >= 0.3 is 0 Å². The fourth-order valence-corrected chi connectivity index (χ4v) is 2.78. The minimum absolute atomic E-state index is 0.307. The molecular formula is C10H16N2OS. The molecule has 1 aromatic rings. The summed E-state index contributed by atoms with van der Waals surface area (Å²) in [6.07, 6.45) is 2.96. The Balaban J connectivity index is 2.08. The van der Waals surface area contributed by atoms with E-state index in [1.54, 1.807) is 6.26 Å². The number of hydrogen-bond acceptors (Lipinski definition) is 4. The molecule has 3 nitrogen and oxygen atoms in total. The van der Waals surface area contributed by atoms with Crippen LogP contribution in [0.4, 0.5) is 0 Å². The molecule has 0 bridgehead atoms. The summed E-state index contributed by atoms with van der Waals surface area (Å²) in [5, 5.41) is 0. The lowest BCUT2D eigenvalue weighted by Crippen LogP contribution is -2.09. The van der Waals surface area contributed by atoms with Gasteiger partial charge in [0.2, 0.25) is 0 Å². The van der Waals surface area contributed by atoms with Gasteiger partial charge in [-0.2, -0.15) is 11.8 Å². The summed E-state index contributed by atoms with van der Waals surface area (Å²) in [4.78, 5) is 4.50. The number of hydrogen-bond donors (Lipinski definition) is 1. The smallest absolute Gasteiger partial charge is 0.198 e. The van der Waals surface area contributed by atoms with E-state index in [2.05, 4.69) is 11.9 Å². The van der Waals surface area contributed by atoms with Crippen molar-refractivity contribution in [3.05, 3.63) is 17.8 Å². The van der Waals surface area contributed by atoms with E-state index in [1.807, 2.05) is 11.8 Å². The van der Waals surface area contributed by atoms with Gasteiger partial charge < -0.3 is 10.2 Å². The van der Waals surface area contributed by atoms with Crippen LogP contribution in [0.3, 0.4) is 0 Å². The van der Waals surface area contributed by atoms with Crippen LogP contribution in [0.15, 0.2) is 10.7 Å². The molecule has 1 aliphatic heterocycles. The fourth-order valence-electron chi connectivity index (χ4n) is 1.56. The van der Waals surface area contributed by atoms with Crippen molar-refractivity contribution in [1.29, 1.82) is 0 Å². The molecule has 0 aromatic carbocycles. The van der Waals surface area contributed by atoms with Gasteiger partial charge in [0.15, 0.2) is 5.89 Å². The average Bonchev–Trinajstić information content (AvgIpc) is 2.86. The van der Waals surface area contributed by atoms with Crippen LogP contribution in [-0.4, -0.2) is 23.0 Å². The van der Waals surface area contributed by atoms with Crippen LogP contribution in [-0.2, 0) is 0 Å². The van der Waals surface area contributed by atoms with Gasteiger partial charge in [-0.1, -0.05) is 6.92 Å². The summed E-state index contributed by atoms with van der Waals surface area (Å²) in [6.45, 7) is 2.70. The Hall–Kier alpha value is -0.480. The molecule has 1 aliphatic rings. The molecule has 78 valence electrons. The third-order valence-electron chi connectivity index (χ3n) is 2.68. The van der Waals surface area contributed by atoms with Crippen molar-refractivity contribution in [1.82, 2.24) is 4.98 Å². The predicted octanol–water partition coefficient (Wildman–Crippen LogP) is 1.96. The van der Waals surface area contributed by atoms with E-state index in [0.29, 0.717) is 18.4 Å². The summed E-state index contributed by atoms with van der Waals surface area (Å²) < 4.78 is 5.49. The molecule has 4 heteroatoms. The van der Waals surface area contributed by atoms with Gasteiger partial charge in [0.1, 0.15) is 6.26 Å². The number of aromatic nitrogens is 1. The molecule has 0 spiro atoms. The van der Waals surface area contributed by atoms with Crippen LogP contribution < -0.4 is 5.73 Å². The fraction of sp³-hybridized carbons (Fsp3) is 0.700. The summed E-state index contributed by atoms with van der Waals surface area (Å²) in [7, 11) is 0. The Morgan fingerprint density at radius 3 is 3.29 bits per heavy atom. The van der Waals surface area contributed by atoms with Crippen LogP contribution in [0.1, 0.15) is 36.8 Å². The van der Waals surface area contributed by atoms with Gasteiger partial charge in [0, 0.05) is 24.1 Å². The third-order valence-corrected chi connectivity index (χ3v) is 3.84. The molecule has 2 rings (SSSR count). The zero-order valence-electron chi connectivity index (χ0n) is 8.40. The van der Waals surface area contributed by atoms with Crippen LogP contribution in [0, 0.1) is 0 Å². The lowest BCUT2D eigenvalue weighted by atomic mass is 10.1. The topological polar surface area (TPSA) is 52.0 Å². The molecule has 2 atom stereocenters. The predicted molar refractivity (Wildman–Crippen MR) is 58.7 cm³/mol. The monoisotopic (exact) mass is 212 g/mol. The highest BCUT2D eigenvalue weighted by atomic mass is 32.2. The Labute approximate surface area is 88.5 Å². The van der Waals surface area contributed by atoms with E-state index in [1.165, 1.54) is 12.2 Å². The van der Waals surface area contributed by atoms with Gasteiger partial charge in [-0.25, -0.2) is 4.98 Å². The van der Waals surface area contributed by atoms with Crippen molar-refractivity contribution in [2.24, 2.45) is 5.73 Å². The summed E-state index contributed by atoms with van der Waals surface area (Å²) in [6, 6.07) is 0. The highest BCUT2D eigenvalue weighted by Gasteiger charge is 2.23. The standard InChI is InChI=1S/C10H16N2OS/c1-7(4-11)9-5-13-10(12-9)8-2-3-14-6-8/h5,7-8H,2-4,6,11H2,1H3. The SMILES string of the molecule is CC(CN)c1coc(C2CCSC2)n1. The van der Waals surface area contributed by atoms with Crippen LogP contribution in [0.25, 0.3) is 0 Å². The van der Waals surface area contributed by atoms with Gasteiger partial charge in [-0.3, -0.25) is 0 Å². The van der Waals surface area contributed by atoms with Gasteiger partial charge in [0.05, 0.1) is 5.69 Å². The van der Waals surface area contributed by atoms with Crippen molar-refractivity contribution < 1.29 is 4.42 Å². The van der Waals surface area contributed by atoms with E-state index in [9.17, 15) is 0 Å². The van der Waals surface area contributed by atoms with Gasteiger partial charge in [-0.15, -0.1) is 0 Å². The number of thioether (sulfide) groups is 1. The quantitative estimate of drug-likeness (QED) is 0.832. The molecule has 0 aliphatic carbocycles. The first kappa shape index (κ1) is 10.1. The van der Waals surface area contributed by atoms with Gasteiger partial charge in [-0.05, 0) is 12.2 Å². The normalized spacial score (nSPS) is 24.0. The second-order valence-electron chi connectivity index (χ2n) is 3.81. The highest BCUT2D eigenvalue weighted by molar-refractivity contribution is 7.99. The van der Waals surface area contributed by atoms with Crippen LogP contribution in [0.2, 0.25) is 0 Å². The zero-order chi connectivity index (χ0) is 9.97. The van der Waals surface area contributed by atoms with E-state index >= 15 is 0 Å². The first-order valence-electron chi connectivity index (χ1n) is 5.04. The molecule has 2 N–H and O–H groups in total. The molecule has 0 amide bonds. The van der Waals surface area contributed by atoms with E-state index in [4.69, 9.17) is 10.2 Å². The van der Waals surface area contributed by atoms with E-state index in [0.717, 1.165) is 17.3 Å². The molecule has 1 fully saturated rings. The molecule has 1 saturated heterocycles. The van der Waals surface area contributed by atoms with Gasteiger partial charge in [0.25, 0.3) is 0 Å². The van der Waals surface area contributed by atoms with Crippen LogP contribution in [0.5, 0.6) is 0 Å². The minimum Gasteiger partial charge on any atom is -0.448 e. The van der Waals surface area contributed by atoms with Crippen LogP contribution >= 0.6 is 11.8 Å². The third kappa shape index (κ3) is 1.96. The first-order chi connectivity index (χ1) is 6.81. The summed E-state index contributed by atoms with van der Waals surface area (Å²) in [5.41, 5.74) is 6.58. The Kier molecular flexibility index (Phi) is 3.13. The number of oxazole rings is 1. The largest absolute Gasteiger partial charge is 0.448 e. The van der Waals surface area contributed by atoms with E-state index < -0.39 is 0 Å². The molecule has 14 heavy (non-hydrogen) atoms. The van der Waals surface area contributed by atoms with Crippen molar-refractivity contribution in [3.8, 4) is 0 Å². The molecule has 2 unspecified atom stereocenters. The molecular weight excluding hydrogens is 196 g/mol. The maximum atomic E-state index is 5.58.